The van der Waals surface area contributed by atoms with E-state index in [0.29, 0.717) is 12.1 Å². The summed E-state index contributed by atoms with van der Waals surface area (Å²) in [5, 5.41) is 3.37. The number of likely N-dealkylation sites (N-methyl/N-ethyl adjacent to an activating group) is 1. The third kappa shape index (κ3) is 2.53. The van der Waals surface area contributed by atoms with E-state index in [9.17, 15) is 0 Å². The molecule has 0 spiro atoms. The lowest BCUT2D eigenvalue weighted by Crippen LogP contribution is -2.44. The molecule has 0 fully saturated rings. The molecule has 3 heteroatoms. The van der Waals surface area contributed by atoms with Gasteiger partial charge in [-0.2, -0.15) is 0 Å². The number of thioether (sulfide) groups is 1. The van der Waals surface area contributed by atoms with Gasteiger partial charge < -0.3 is 10.1 Å². The Morgan fingerprint density at radius 2 is 2.31 bits per heavy atom. The highest BCUT2D eigenvalue weighted by Gasteiger charge is 2.26. The van der Waals surface area contributed by atoms with Gasteiger partial charge in [0.05, 0.1) is 0 Å². The van der Waals surface area contributed by atoms with E-state index in [1.807, 2.05) is 24.9 Å². The number of fused-ring (bicyclic) bond motifs is 1. The summed E-state index contributed by atoms with van der Waals surface area (Å²) in [6.45, 7) is 2.22. The number of ether oxygens (including phenoxy) is 1. The molecule has 0 aromatic heterocycles. The van der Waals surface area contributed by atoms with Gasteiger partial charge in [-0.25, -0.2) is 0 Å². The van der Waals surface area contributed by atoms with Crippen LogP contribution in [0, 0.1) is 0 Å². The van der Waals surface area contributed by atoms with Gasteiger partial charge in [-0.05, 0) is 25.6 Å². The Morgan fingerprint density at radius 3 is 3.06 bits per heavy atom. The van der Waals surface area contributed by atoms with Gasteiger partial charge in [0.25, 0.3) is 0 Å². The first kappa shape index (κ1) is 11.8. The molecule has 16 heavy (non-hydrogen) atoms. The van der Waals surface area contributed by atoms with E-state index in [4.69, 9.17) is 4.74 Å². The van der Waals surface area contributed by atoms with Crippen LogP contribution in [0.1, 0.15) is 19.8 Å². The van der Waals surface area contributed by atoms with Crippen LogP contribution >= 0.6 is 11.8 Å². The first-order chi connectivity index (χ1) is 7.85. The number of hydrogen-bond acceptors (Lipinski definition) is 3. The Bertz CT molecular complexity index is 342. The van der Waals surface area contributed by atoms with Crippen molar-refractivity contribution >= 4 is 11.8 Å². The smallest absolute Gasteiger partial charge is 0.133 e. The van der Waals surface area contributed by atoms with E-state index in [2.05, 4.69) is 30.4 Å². The van der Waals surface area contributed by atoms with Crippen LogP contribution in [0.25, 0.3) is 0 Å². The Balaban J connectivity index is 2.06. The minimum atomic E-state index is 0.296. The molecule has 1 heterocycles. The molecule has 0 amide bonds. The van der Waals surface area contributed by atoms with Crippen molar-refractivity contribution in [3.8, 4) is 5.75 Å². The van der Waals surface area contributed by atoms with Crippen molar-refractivity contribution < 1.29 is 4.74 Å². The monoisotopic (exact) mass is 237 g/mol. The summed E-state index contributed by atoms with van der Waals surface area (Å²) in [5.41, 5.74) is 0. The summed E-state index contributed by atoms with van der Waals surface area (Å²) in [5.74, 6) is 2.09. The molecule has 0 radical (unpaired) electrons. The Morgan fingerprint density at radius 1 is 1.50 bits per heavy atom. The molecule has 2 nitrogen and oxygen atoms in total. The van der Waals surface area contributed by atoms with Crippen LogP contribution in [-0.2, 0) is 0 Å². The van der Waals surface area contributed by atoms with Crippen molar-refractivity contribution in [3.05, 3.63) is 24.3 Å². The van der Waals surface area contributed by atoms with E-state index in [-0.39, 0.29) is 0 Å². The zero-order chi connectivity index (χ0) is 11.4. The highest BCUT2D eigenvalue weighted by Crippen LogP contribution is 2.36. The van der Waals surface area contributed by atoms with Crippen molar-refractivity contribution in [1.82, 2.24) is 5.32 Å². The minimum Gasteiger partial charge on any atom is -0.487 e. The fourth-order valence-corrected chi connectivity index (χ4v) is 3.14. The quantitative estimate of drug-likeness (QED) is 0.870. The SMILES string of the molecule is CCCC(NC)C1CSc2ccccc2O1. The van der Waals surface area contributed by atoms with Crippen LogP contribution in [0.2, 0.25) is 0 Å². The summed E-state index contributed by atoms with van der Waals surface area (Å²) in [4.78, 5) is 1.27. The standard InChI is InChI=1S/C13H19NOS/c1-3-6-10(14-2)12-9-16-13-8-5-4-7-11(13)15-12/h4-5,7-8,10,12,14H,3,6,9H2,1-2H3. The molecule has 2 unspecified atom stereocenters. The summed E-state index contributed by atoms with van der Waals surface area (Å²) in [7, 11) is 2.02. The van der Waals surface area contributed by atoms with Crippen molar-refractivity contribution in [2.24, 2.45) is 0 Å². The highest BCUT2D eigenvalue weighted by atomic mass is 32.2. The normalized spacial score (nSPS) is 21.0. The Labute approximate surface area is 102 Å². The maximum atomic E-state index is 6.05. The molecule has 0 saturated heterocycles. The fraction of sp³-hybridized carbons (Fsp3) is 0.538. The lowest BCUT2D eigenvalue weighted by Gasteiger charge is -2.31. The van der Waals surface area contributed by atoms with Gasteiger partial charge in [-0.1, -0.05) is 25.5 Å². The predicted octanol–water partition coefficient (Wildman–Crippen LogP) is 2.93. The minimum absolute atomic E-state index is 0.296. The van der Waals surface area contributed by atoms with Crippen LogP contribution in [0.15, 0.2) is 29.2 Å². The first-order valence-electron chi connectivity index (χ1n) is 5.91. The van der Waals surface area contributed by atoms with Crippen LogP contribution in [0.4, 0.5) is 0 Å². The van der Waals surface area contributed by atoms with Crippen molar-refractivity contribution in [2.45, 2.75) is 36.8 Å². The Kier molecular flexibility index (Phi) is 4.13. The summed E-state index contributed by atoms with van der Waals surface area (Å²) in [6, 6.07) is 8.76. The van der Waals surface area contributed by atoms with Gasteiger partial charge in [0, 0.05) is 16.7 Å². The molecular formula is C13H19NOS. The average molecular weight is 237 g/mol. The number of para-hydroxylation sites is 1. The molecule has 1 aromatic carbocycles. The highest BCUT2D eigenvalue weighted by molar-refractivity contribution is 7.99. The van der Waals surface area contributed by atoms with Crippen LogP contribution in [-0.4, -0.2) is 24.9 Å². The number of nitrogens with one attached hydrogen (secondary N) is 1. The van der Waals surface area contributed by atoms with Gasteiger partial charge >= 0.3 is 0 Å². The van der Waals surface area contributed by atoms with Crippen LogP contribution in [0.3, 0.4) is 0 Å². The summed E-state index contributed by atoms with van der Waals surface area (Å²) >= 11 is 1.90. The zero-order valence-electron chi connectivity index (χ0n) is 9.90. The molecule has 1 aliphatic rings. The third-order valence-electron chi connectivity index (χ3n) is 2.95. The van der Waals surface area contributed by atoms with Crippen molar-refractivity contribution in [3.63, 3.8) is 0 Å². The molecule has 1 aromatic rings. The molecule has 0 bridgehead atoms. The van der Waals surface area contributed by atoms with Crippen molar-refractivity contribution in [2.75, 3.05) is 12.8 Å². The van der Waals surface area contributed by atoms with Crippen LogP contribution in [0.5, 0.6) is 5.75 Å². The average Bonchev–Trinajstić information content (AvgIpc) is 2.35. The molecule has 0 aliphatic carbocycles. The zero-order valence-corrected chi connectivity index (χ0v) is 10.7. The number of rotatable bonds is 4. The van der Waals surface area contributed by atoms with E-state index in [0.717, 1.165) is 11.5 Å². The molecule has 2 atom stereocenters. The second kappa shape index (κ2) is 5.60. The predicted molar refractivity (Wildman–Crippen MR) is 69.3 cm³/mol. The van der Waals surface area contributed by atoms with Gasteiger partial charge in [0.2, 0.25) is 0 Å². The molecule has 1 N–H and O–H groups in total. The van der Waals surface area contributed by atoms with Gasteiger partial charge in [-0.3, -0.25) is 0 Å². The van der Waals surface area contributed by atoms with E-state index < -0.39 is 0 Å². The van der Waals surface area contributed by atoms with Gasteiger partial charge in [0.1, 0.15) is 11.9 Å². The summed E-state index contributed by atoms with van der Waals surface area (Å²) < 4.78 is 6.05. The van der Waals surface area contributed by atoms with E-state index >= 15 is 0 Å². The Hall–Kier alpha value is -0.670. The van der Waals surface area contributed by atoms with Gasteiger partial charge in [0.15, 0.2) is 0 Å². The second-order valence-corrected chi connectivity index (χ2v) is 5.16. The maximum absolute atomic E-state index is 6.05. The lowest BCUT2D eigenvalue weighted by molar-refractivity contribution is 0.164. The van der Waals surface area contributed by atoms with E-state index in [1.54, 1.807) is 0 Å². The van der Waals surface area contributed by atoms with E-state index in [1.165, 1.54) is 17.7 Å². The van der Waals surface area contributed by atoms with Crippen molar-refractivity contribution in [1.29, 1.82) is 0 Å². The molecule has 0 saturated carbocycles. The number of hydrogen-bond donors (Lipinski definition) is 1. The maximum Gasteiger partial charge on any atom is 0.133 e. The molecule has 1 aliphatic heterocycles. The molecule has 88 valence electrons. The number of benzene rings is 1. The topological polar surface area (TPSA) is 21.3 Å². The van der Waals surface area contributed by atoms with Crippen LogP contribution < -0.4 is 10.1 Å². The second-order valence-electron chi connectivity index (χ2n) is 4.10. The fourth-order valence-electron chi connectivity index (χ4n) is 2.06. The largest absolute Gasteiger partial charge is 0.487 e. The summed E-state index contributed by atoms with van der Waals surface area (Å²) in [6.07, 6.45) is 2.66. The lowest BCUT2D eigenvalue weighted by atomic mass is 10.1. The third-order valence-corrected chi connectivity index (χ3v) is 4.09. The molecular weight excluding hydrogens is 218 g/mol. The first-order valence-corrected chi connectivity index (χ1v) is 6.89. The molecule has 2 rings (SSSR count). The van der Waals surface area contributed by atoms with Gasteiger partial charge in [-0.15, -0.1) is 11.8 Å².